The Labute approximate surface area is 195 Å². The molecule has 5 nitrogen and oxygen atoms in total. The van der Waals surface area contributed by atoms with Crippen LogP contribution in [0, 0.1) is 17.8 Å². The predicted octanol–water partition coefficient (Wildman–Crippen LogP) is 4.83. The number of rotatable bonds is 7. The van der Waals surface area contributed by atoms with E-state index in [1.165, 1.54) is 12.8 Å². The molecule has 0 unspecified atom stereocenters. The smallest absolute Gasteiger partial charge is 0.255 e. The normalized spacial score (nSPS) is 14.8. The first-order chi connectivity index (χ1) is 16.0. The first-order valence-electron chi connectivity index (χ1n) is 11.8. The third-order valence-corrected chi connectivity index (χ3v) is 6.06. The molecule has 1 saturated carbocycles. The van der Waals surface area contributed by atoms with Gasteiger partial charge in [0, 0.05) is 28.6 Å². The summed E-state index contributed by atoms with van der Waals surface area (Å²) in [5.74, 6) is 7.31. The molecule has 0 saturated heterocycles. The molecule has 3 aromatic rings. The summed E-state index contributed by atoms with van der Waals surface area (Å²) in [6.45, 7) is 3.71. The highest BCUT2D eigenvalue weighted by Gasteiger charge is 2.20. The minimum atomic E-state index is -0.420. The van der Waals surface area contributed by atoms with Gasteiger partial charge in [-0.05, 0) is 62.9 Å². The lowest BCUT2D eigenvalue weighted by Crippen LogP contribution is -2.39. The third-order valence-electron chi connectivity index (χ3n) is 6.06. The van der Waals surface area contributed by atoms with Crippen molar-refractivity contribution in [3.63, 3.8) is 0 Å². The van der Waals surface area contributed by atoms with Crippen molar-refractivity contribution in [2.75, 3.05) is 6.61 Å². The maximum Gasteiger partial charge on any atom is 0.255 e. The first-order valence-corrected chi connectivity index (χ1v) is 11.8. The molecular formula is C28H32N2O3. The van der Waals surface area contributed by atoms with E-state index in [1.54, 1.807) is 6.07 Å². The molecule has 1 atom stereocenters. The zero-order chi connectivity index (χ0) is 23.2. The lowest BCUT2D eigenvalue weighted by molar-refractivity contribution is 0.0910. The van der Waals surface area contributed by atoms with E-state index in [1.807, 2.05) is 56.4 Å². The Hall–Kier alpha value is -3.23. The van der Waals surface area contributed by atoms with Gasteiger partial charge < -0.3 is 20.1 Å². The minimum absolute atomic E-state index is 0.0631. The number of aliphatic hydroxyl groups is 1. The van der Waals surface area contributed by atoms with Crippen molar-refractivity contribution in [3.8, 4) is 17.6 Å². The quantitative estimate of drug-likeness (QED) is 0.457. The Bertz CT molecular complexity index is 1160. The fourth-order valence-corrected chi connectivity index (χ4v) is 4.39. The van der Waals surface area contributed by atoms with Crippen molar-refractivity contribution >= 4 is 16.8 Å². The lowest BCUT2D eigenvalue weighted by atomic mass is 10.0. The molecule has 0 bridgehead atoms. The van der Waals surface area contributed by atoms with Gasteiger partial charge >= 0.3 is 0 Å². The summed E-state index contributed by atoms with van der Waals surface area (Å²) >= 11 is 0. The van der Waals surface area contributed by atoms with Crippen LogP contribution in [-0.4, -0.2) is 34.8 Å². The molecule has 33 heavy (non-hydrogen) atoms. The van der Waals surface area contributed by atoms with Crippen molar-refractivity contribution in [1.29, 1.82) is 0 Å². The fraction of sp³-hybridized carbons (Fsp3) is 0.393. The summed E-state index contributed by atoms with van der Waals surface area (Å²) in [4.78, 5) is 16.5. The highest BCUT2D eigenvalue weighted by Crippen LogP contribution is 2.25. The van der Waals surface area contributed by atoms with Crippen LogP contribution in [0.15, 0.2) is 48.7 Å². The Balaban J connectivity index is 1.54. The maximum absolute atomic E-state index is 13.3. The molecule has 0 aliphatic heterocycles. The summed E-state index contributed by atoms with van der Waals surface area (Å²) in [6.07, 6.45) is 7.19. The maximum atomic E-state index is 13.3. The highest BCUT2D eigenvalue weighted by molar-refractivity contribution is 5.97. The van der Waals surface area contributed by atoms with E-state index in [9.17, 15) is 9.90 Å². The van der Waals surface area contributed by atoms with E-state index in [0.717, 1.165) is 34.9 Å². The van der Waals surface area contributed by atoms with Crippen molar-refractivity contribution in [1.82, 2.24) is 10.3 Å². The van der Waals surface area contributed by atoms with Crippen molar-refractivity contribution in [3.05, 3.63) is 65.4 Å². The number of benzene rings is 2. The number of carbonyl (C=O) groups excluding carboxylic acids is 1. The molecule has 2 aromatic carbocycles. The Morgan fingerprint density at radius 1 is 1.21 bits per heavy atom. The van der Waals surface area contributed by atoms with Gasteiger partial charge in [-0.3, -0.25) is 4.79 Å². The van der Waals surface area contributed by atoms with E-state index in [2.05, 4.69) is 22.1 Å². The highest BCUT2D eigenvalue weighted by atomic mass is 16.5. The predicted molar refractivity (Wildman–Crippen MR) is 131 cm³/mol. The van der Waals surface area contributed by atoms with Crippen LogP contribution in [0.1, 0.15) is 61.0 Å². The van der Waals surface area contributed by atoms with E-state index in [4.69, 9.17) is 4.74 Å². The van der Waals surface area contributed by atoms with Crippen molar-refractivity contribution < 1.29 is 14.6 Å². The van der Waals surface area contributed by atoms with E-state index >= 15 is 0 Å². The SMILES string of the molecule is CC(C)Oc1ccc(C#CC2CCCC2)cc1C(=O)N[C@@H](CO)Cc1c[nH]c2ccccc12. The number of hydrogen-bond donors (Lipinski definition) is 3. The van der Waals surface area contributed by atoms with Gasteiger partial charge in [-0.15, -0.1) is 0 Å². The number of ether oxygens (including phenoxy) is 1. The van der Waals surface area contributed by atoms with Crippen molar-refractivity contribution in [2.24, 2.45) is 5.92 Å². The van der Waals surface area contributed by atoms with E-state index in [0.29, 0.717) is 23.7 Å². The van der Waals surface area contributed by atoms with Crippen LogP contribution in [0.3, 0.4) is 0 Å². The van der Waals surface area contributed by atoms with Gasteiger partial charge in [0.15, 0.2) is 0 Å². The molecule has 5 heteroatoms. The molecule has 172 valence electrons. The number of carbonyl (C=O) groups is 1. The van der Waals surface area contributed by atoms with Crippen LogP contribution in [0.2, 0.25) is 0 Å². The Morgan fingerprint density at radius 2 is 2.00 bits per heavy atom. The number of fused-ring (bicyclic) bond motifs is 1. The number of para-hydroxylation sites is 1. The Morgan fingerprint density at radius 3 is 2.76 bits per heavy atom. The molecule has 1 fully saturated rings. The van der Waals surface area contributed by atoms with Crippen LogP contribution in [0.25, 0.3) is 10.9 Å². The van der Waals surface area contributed by atoms with Crippen LogP contribution in [-0.2, 0) is 6.42 Å². The van der Waals surface area contributed by atoms with Gasteiger partial charge in [-0.2, -0.15) is 0 Å². The zero-order valence-electron chi connectivity index (χ0n) is 19.4. The molecule has 4 rings (SSSR count). The van der Waals surface area contributed by atoms with Gasteiger partial charge in [-0.1, -0.05) is 42.9 Å². The second-order valence-electron chi connectivity index (χ2n) is 9.04. The third kappa shape index (κ3) is 5.77. The number of aliphatic hydroxyl groups excluding tert-OH is 1. The van der Waals surface area contributed by atoms with E-state index in [-0.39, 0.29) is 18.6 Å². The van der Waals surface area contributed by atoms with Gasteiger partial charge in [0.2, 0.25) is 0 Å². The number of nitrogens with one attached hydrogen (secondary N) is 2. The number of aromatic nitrogens is 1. The molecule has 1 aliphatic carbocycles. The monoisotopic (exact) mass is 444 g/mol. The van der Waals surface area contributed by atoms with Gasteiger partial charge in [-0.25, -0.2) is 0 Å². The summed E-state index contributed by atoms with van der Waals surface area (Å²) in [7, 11) is 0. The molecule has 1 aliphatic rings. The molecular weight excluding hydrogens is 412 g/mol. The fourth-order valence-electron chi connectivity index (χ4n) is 4.39. The van der Waals surface area contributed by atoms with E-state index < -0.39 is 6.04 Å². The zero-order valence-corrected chi connectivity index (χ0v) is 19.4. The largest absolute Gasteiger partial charge is 0.490 e. The summed E-state index contributed by atoms with van der Waals surface area (Å²) < 4.78 is 5.90. The Kier molecular flexibility index (Phi) is 7.36. The minimum Gasteiger partial charge on any atom is -0.490 e. The molecule has 1 heterocycles. The van der Waals surface area contributed by atoms with Crippen molar-refractivity contribution in [2.45, 2.75) is 58.1 Å². The van der Waals surface area contributed by atoms with Crippen LogP contribution >= 0.6 is 0 Å². The standard InChI is InChI=1S/C28H32N2O3/c1-19(2)33-27-14-13-21(12-11-20-7-3-4-8-20)15-25(27)28(32)30-23(18-31)16-22-17-29-26-10-6-5-9-24(22)26/h5-6,9-10,13-15,17,19-20,23,29,31H,3-4,7-8,16,18H2,1-2H3,(H,30,32)/t23-/m1/s1. The first kappa shape index (κ1) is 22.9. The van der Waals surface area contributed by atoms with Crippen LogP contribution in [0.5, 0.6) is 5.75 Å². The molecule has 1 amide bonds. The molecule has 0 spiro atoms. The molecule has 0 radical (unpaired) electrons. The van der Waals surface area contributed by atoms with Crippen LogP contribution in [0.4, 0.5) is 0 Å². The van der Waals surface area contributed by atoms with Gasteiger partial charge in [0.05, 0.1) is 24.3 Å². The number of aromatic amines is 1. The second-order valence-corrected chi connectivity index (χ2v) is 9.04. The number of H-pyrrole nitrogens is 1. The molecule has 3 N–H and O–H groups in total. The lowest BCUT2D eigenvalue weighted by Gasteiger charge is -2.19. The topological polar surface area (TPSA) is 74.3 Å². The van der Waals surface area contributed by atoms with Gasteiger partial charge in [0.1, 0.15) is 5.75 Å². The average molecular weight is 445 g/mol. The van der Waals surface area contributed by atoms with Gasteiger partial charge in [0.25, 0.3) is 5.91 Å². The van der Waals surface area contributed by atoms with Crippen LogP contribution < -0.4 is 10.1 Å². The average Bonchev–Trinajstić information content (AvgIpc) is 3.48. The summed E-state index contributed by atoms with van der Waals surface area (Å²) in [6, 6.07) is 13.1. The summed E-state index contributed by atoms with van der Waals surface area (Å²) in [5, 5.41) is 14.1. The molecule has 1 aromatic heterocycles. The number of amides is 1. The second kappa shape index (κ2) is 10.6. The summed E-state index contributed by atoms with van der Waals surface area (Å²) in [5.41, 5.74) is 3.34. The number of hydrogen-bond acceptors (Lipinski definition) is 3.